The summed E-state index contributed by atoms with van der Waals surface area (Å²) in [6.45, 7) is 21.1. The van der Waals surface area contributed by atoms with Gasteiger partial charge in [-0.15, -0.1) is 0 Å². The van der Waals surface area contributed by atoms with Crippen molar-refractivity contribution in [1.82, 2.24) is 0 Å². The SMILES string of the molecule is CC(C)C1CCC2C1(C)CCC1(C)C3CC=C4C(CCCC4(C)C)C3(C)CCC21C. The van der Waals surface area contributed by atoms with Gasteiger partial charge in [-0.3, -0.25) is 0 Å². The Balaban J connectivity index is 1.55. The van der Waals surface area contributed by atoms with Crippen LogP contribution in [-0.2, 0) is 0 Å². The van der Waals surface area contributed by atoms with Gasteiger partial charge in [0.15, 0.2) is 0 Å². The maximum absolute atomic E-state index is 2.78. The molecule has 8 unspecified atom stereocenters. The van der Waals surface area contributed by atoms with Crippen LogP contribution >= 0.6 is 0 Å². The van der Waals surface area contributed by atoms with Gasteiger partial charge in [-0.25, -0.2) is 0 Å². The van der Waals surface area contributed by atoms with E-state index < -0.39 is 0 Å². The number of fused-ring (bicyclic) bond motifs is 7. The molecule has 170 valence electrons. The van der Waals surface area contributed by atoms with Gasteiger partial charge in [0.1, 0.15) is 0 Å². The van der Waals surface area contributed by atoms with Crippen molar-refractivity contribution >= 4 is 0 Å². The molecule has 5 aliphatic rings. The van der Waals surface area contributed by atoms with Crippen molar-refractivity contribution in [3.8, 4) is 0 Å². The first-order chi connectivity index (χ1) is 13.9. The smallest absolute Gasteiger partial charge is 0.0141 e. The molecule has 0 saturated heterocycles. The summed E-state index contributed by atoms with van der Waals surface area (Å²) in [6.07, 6.45) is 17.4. The molecule has 0 heterocycles. The quantitative estimate of drug-likeness (QED) is 0.378. The highest BCUT2D eigenvalue weighted by atomic mass is 14.7. The Labute approximate surface area is 188 Å². The van der Waals surface area contributed by atoms with E-state index in [1.807, 2.05) is 5.57 Å². The fraction of sp³-hybridized carbons (Fsp3) is 0.933. The summed E-state index contributed by atoms with van der Waals surface area (Å²) in [4.78, 5) is 0. The van der Waals surface area contributed by atoms with Gasteiger partial charge in [-0.1, -0.05) is 73.5 Å². The highest BCUT2D eigenvalue weighted by Crippen LogP contribution is 2.77. The molecule has 0 aromatic carbocycles. The second-order valence-electron chi connectivity index (χ2n) is 14.6. The molecule has 0 spiro atoms. The minimum Gasteiger partial charge on any atom is -0.0842 e. The van der Waals surface area contributed by atoms with E-state index in [9.17, 15) is 0 Å². The van der Waals surface area contributed by atoms with Gasteiger partial charge in [0.05, 0.1) is 0 Å². The maximum atomic E-state index is 2.78. The number of allylic oxidation sites excluding steroid dienone is 2. The Bertz CT molecular complexity index is 741. The average Bonchev–Trinajstić information content (AvgIpc) is 3.02. The lowest BCUT2D eigenvalue weighted by molar-refractivity contribution is -0.212. The molecule has 0 aromatic rings. The topological polar surface area (TPSA) is 0 Å². The van der Waals surface area contributed by atoms with Crippen molar-refractivity contribution in [2.75, 3.05) is 0 Å². The first-order valence-electron chi connectivity index (χ1n) is 13.6. The second kappa shape index (κ2) is 6.41. The van der Waals surface area contributed by atoms with Crippen LogP contribution in [0.2, 0.25) is 0 Å². The first kappa shape index (κ1) is 21.6. The van der Waals surface area contributed by atoms with E-state index in [-0.39, 0.29) is 0 Å². The average molecular weight is 411 g/mol. The summed E-state index contributed by atoms with van der Waals surface area (Å²) < 4.78 is 0. The molecule has 0 aromatic heterocycles. The summed E-state index contributed by atoms with van der Waals surface area (Å²) in [7, 11) is 0. The molecule has 0 aliphatic heterocycles. The third kappa shape index (κ3) is 2.46. The molecule has 8 atom stereocenters. The predicted octanol–water partition coefficient (Wildman–Crippen LogP) is 9.05. The van der Waals surface area contributed by atoms with Crippen molar-refractivity contribution in [3.05, 3.63) is 11.6 Å². The van der Waals surface area contributed by atoms with E-state index in [0.717, 1.165) is 29.6 Å². The van der Waals surface area contributed by atoms with Gasteiger partial charge < -0.3 is 0 Å². The van der Waals surface area contributed by atoms with Crippen LogP contribution in [0.5, 0.6) is 0 Å². The maximum Gasteiger partial charge on any atom is -0.0141 e. The summed E-state index contributed by atoms with van der Waals surface area (Å²) in [6, 6.07) is 0. The Morgan fingerprint density at radius 2 is 1.37 bits per heavy atom. The minimum atomic E-state index is 0.444. The number of hydrogen-bond donors (Lipinski definition) is 0. The molecule has 0 amide bonds. The fourth-order valence-corrected chi connectivity index (χ4v) is 11.3. The molecule has 0 N–H and O–H groups in total. The Kier molecular flexibility index (Phi) is 4.61. The van der Waals surface area contributed by atoms with Gasteiger partial charge in [-0.05, 0) is 114 Å². The van der Waals surface area contributed by atoms with Gasteiger partial charge >= 0.3 is 0 Å². The van der Waals surface area contributed by atoms with Crippen molar-refractivity contribution < 1.29 is 0 Å². The van der Waals surface area contributed by atoms with E-state index in [2.05, 4.69) is 61.5 Å². The molecule has 4 fully saturated rings. The van der Waals surface area contributed by atoms with E-state index in [1.165, 1.54) is 64.2 Å². The zero-order valence-electron chi connectivity index (χ0n) is 21.5. The monoisotopic (exact) mass is 410 g/mol. The number of rotatable bonds is 1. The van der Waals surface area contributed by atoms with Crippen molar-refractivity contribution in [3.63, 3.8) is 0 Å². The fourth-order valence-electron chi connectivity index (χ4n) is 11.3. The van der Waals surface area contributed by atoms with Crippen LogP contribution in [0.4, 0.5) is 0 Å². The van der Waals surface area contributed by atoms with E-state index in [1.54, 1.807) is 0 Å². The van der Waals surface area contributed by atoms with Crippen LogP contribution in [0.25, 0.3) is 0 Å². The highest BCUT2D eigenvalue weighted by Gasteiger charge is 2.69. The molecule has 0 bridgehead atoms. The largest absolute Gasteiger partial charge is 0.0842 e. The molecule has 0 radical (unpaired) electrons. The molecular weight excluding hydrogens is 360 g/mol. The van der Waals surface area contributed by atoms with Gasteiger partial charge in [-0.2, -0.15) is 0 Å². The Morgan fingerprint density at radius 3 is 2.03 bits per heavy atom. The lowest BCUT2D eigenvalue weighted by atomic mass is 9.33. The Hall–Kier alpha value is -0.260. The zero-order valence-corrected chi connectivity index (χ0v) is 21.5. The highest BCUT2D eigenvalue weighted by molar-refractivity contribution is 5.29. The normalized spacial score (nSPS) is 54.6. The molecular formula is C30H50. The molecule has 30 heavy (non-hydrogen) atoms. The third-order valence-corrected chi connectivity index (χ3v) is 13.0. The standard InChI is InChI=1S/C30H50/c1-20(2)21-11-13-24-27(21,5)16-18-30(8)25-14-12-22-23(10-9-15-26(22,3)4)28(25,6)17-19-29(24,30)7/h12,20-21,23-25H,9-11,13-19H2,1-8H3. The molecule has 0 heteroatoms. The van der Waals surface area contributed by atoms with E-state index in [4.69, 9.17) is 0 Å². The van der Waals surface area contributed by atoms with Crippen LogP contribution in [-0.4, -0.2) is 0 Å². The molecule has 5 aliphatic carbocycles. The summed E-state index contributed by atoms with van der Waals surface area (Å²) in [5.74, 6) is 4.52. The van der Waals surface area contributed by atoms with Crippen LogP contribution in [0.15, 0.2) is 11.6 Å². The van der Waals surface area contributed by atoms with Gasteiger partial charge in [0.2, 0.25) is 0 Å². The van der Waals surface area contributed by atoms with Crippen LogP contribution in [0.1, 0.15) is 120 Å². The van der Waals surface area contributed by atoms with Gasteiger partial charge in [0, 0.05) is 0 Å². The van der Waals surface area contributed by atoms with E-state index >= 15 is 0 Å². The summed E-state index contributed by atoms with van der Waals surface area (Å²) in [5.41, 5.74) is 4.52. The second-order valence-corrected chi connectivity index (χ2v) is 14.6. The van der Waals surface area contributed by atoms with E-state index in [0.29, 0.717) is 27.1 Å². The lowest BCUT2D eigenvalue weighted by Crippen LogP contribution is -2.64. The predicted molar refractivity (Wildman–Crippen MR) is 129 cm³/mol. The molecule has 4 saturated carbocycles. The van der Waals surface area contributed by atoms with Crippen molar-refractivity contribution in [2.24, 2.45) is 56.7 Å². The van der Waals surface area contributed by atoms with Crippen molar-refractivity contribution in [2.45, 2.75) is 120 Å². The number of hydrogen-bond acceptors (Lipinski definition) is 0. The summed E-state index contributed by atoms with van der Waals surface area (Å²) in [5, 5.41) is 0. The lowest BCUT2D eigenvalue weighted by Gasteiger charge is -2.71. The third-order valence-electron chi connectivity index (χ3n) is 13.0. The van der Waals surface area contributed by atoms with Crippen LogP contribution in [0, 0.1) is 56.7 Å². The van der Waals surface area contributed by atoms with Crippen LogP contribution < -0.4 is 0 Å². The molecule has 5 rings (SSSR count). The van der Waals surface area contributed by atoms with Crippen molar-refractivity contribution in [1.29, 1.82) is 0 Å². The van der Waals surface area contributed by atoms with Crippen LogP contribution in [0.3, 0.4) is 0 Å². The van der Waals surface area contributed by atoms with Gasteiger partial charge in [0.25, 0.3) is 0 Å². The summed E-state index contributed by atoms with van der Waals surface area (Å²) >= 11 is 0. The molecule has 0 nitrogen and oxygen atoms in total. The Morgan fingerprint density at radius 1 is 0.733 bits per heavy atom. The first-order valence-corrected chi connectivity index (χ1v) is 13.6. The zero-order chi connectivity index (χ0) is 21.7. The minimum absolute atomic E-state index is 0.444.